The summed E-state index contributed by atoms with van der Waals surface area (Å²) in [7, 11) is 2.19. The molecule has 1 aliphatic rings. The largest absolute Gasteiger partial charge is 0.378 e. The fourth-order valence-electron chi connectivity index (χ4n) is 1.93. The molecule has 0 aromatic heterocycles. The second-order valence-electron chi connectivity index (χ2n) is 4.43. The number of nitrogens with zero attached hydrogens (tertiary/aromatic N) is 1. The molecule has 0 aliphatic carbocycles. The van der Waals surface area contributed by atoms with E-state index in [4.69, 9.17) is 4.74 Å². The van der Waals surface area contributed by atoms with E-state index in [0.717, 1.165) is 6.61 Å². The first-order valence-electron chi connectivity index (χ1n) is 6.13. The highest BCUT2D eigenvalue weighted by molar-refractivity contribution is 4.69. The lowest BCUT2D eigenvalue weighted by atomic mass is 10.1. The van der Waals surface area contributed by atoms with Crippen molar-refractivity contribution in [3.63, 3.8) is 0 Å². The zero-order valence-electron chi connectivity index (χ0n) is 9.80. The number of ether oxygens (including phenoxy) is 1. The van der Waals surface area contributed by atoms with Gasteiger partial charge in [-0.1, -0.05) is 26.2 Å². The minimum Gasteiger partial charge on any atom is -0.378 e. The van der Waals surface area contributed by atoms with Crippen LogP contribution in [0.1, 0.15) is 45.4 Å². The molecule has 0 unspecified atom stereocenters. The monoisotopic (exact) mass is 199 g/mol. The van der Waals surface area contributed by atoms with Crippen LogP contribution in [0.25, 0.3) is 0 Å². The molecular weight excluding hydrogens is 174 g/mol. The number of unbranched alkanes of at least 4 members (excludes halogenated alkanes) is 3. The van der Waals surface area contributed by atoms with Gasteiger partial charge in [0.15, 0.2) is 0 Å². The summed E-state index contributed by atoms with van der Waals surface area (Å²) in [5.41, 5.74) is 0. The Morgan fingerprint density at radius 3 is 2.50 bits per heavy atom. The van der Waals surface area contributed by atoms with Gasteiger partial charge in [0, 0.05) is 19.7 Å². The van der Waals surface area contributed by atoms with Crippen molar-refractivity contribution in [2.45, 2.75) is 51.6 Å². The van der Waals surface area contributed by atoms with E-state index in [2.05, 4.69) is 18.9 Å². The summed E-state index contributed by atoms with van der Waals surface area (Å²) in [5.74, 6) is 0. The Kier molecular flexibility index (Phi) is 6.20. The van der Waals surface area contributed by atoms with Crippen LogP contribution in [0.3, 0.4) is 0 Å². The van der Waals surface area contributed by atoms with Crippen molar-refractivity contribution in [1.29, 1.82) is 0 Å². The average Bonchev–Trinajstić information content (AvgIpc) is 2.21. The molecule has 2 nitrogen and oxygen atoms in total. The van der Waals surface area contributed by atoms with Crippen LogP contribution in [-0.2, 0) is 4.74 Å². The Hall–Kier alpha value is -0.0800. The van der Waals surface area contributed by atoms with Gasteiger partial charge in [-0.05, 0) is 26.3 Å². The zero-order valence-corrected chi connectivity index (χ0v) is 9.80. The minimum atomic E-state index is 0.549. The summed E-state index contributed by atoms with van der Waals surface area (Å²) in [6.07, 6.45) is 8.26. The highest BCUT2D eigenvalue weighted by Crippen LogP contribution is 2.12. The van der Waals surface area contributed by atoms with Gasteiger partial charge in [0.25, 0.3) is 0 Å². The van der Waals surface area contributed by atoms with Crippen LogP contribution >= 0.6 is 0 Å². The maximum atomic E-state index is 5.85. The van der Waals surface area contributed by atoms with Crippen LogP contribution in [0.5, 0.6) is 0 Å². The number of hydrogen-bond donors (Lipinski definition) is 0. The van der Waals surface area contributed by atoms with Crippen LogP contribution in [0, 0.1) is 0 Å². The van der Waals surface area contributed by atoms with Gasteiger partial charge in [-0.2, -0.15) is 0 Å². The molecule has 0 atom stereocenters. The van der Waals surface area contributed by atoms with Gasteiger partial charge in [-0.15, -0.1) is 0 Å². The Labute approximate surface area is 88.6 Å². The van der Waals surface area contributed by atoms with Crippen molar-refractivity contribution in [2.24, 2.45) is 0 Å². The number of piperidine rings is 1. The lowest BCUT2D eigenvalue weighted by Gasteiger charge is -2.28. The first kappa shape index (κ1) is 12.0. The fraction of sp³-hybridized carbons (Fsp3) is 1.00. The third-order valence-electron chi connectivity index (χ3n) is 3.02. The van der Waals surface area contributed by atoms with E-state index < -0.39 is 0 Å². The molecule has 0 aromatic rings. The maximum absolute atomic E-state index is 5.85. The van der Waals surface area contributed by atoms with Crippen LogP contribution in [0.15, 0.2) is 0 Å². The van der Waals surface area contributed by atoms with Crippen LogP contribution in [0.4, 0.5) is 0 Å². The van der Waals surface area contributed by atoms with Gasteiger partial charge in [0.1, 0.15) is 0 Å². The van der Waals surface area contributed by atoms with E-state index in [1.54, 1.807) is 0 Å². The van der Waals surface area contributed by atoms with Gasteiger partial charge in [-0.25, -0.2) is 0 Å². The number of hydrogen-bond acceptors (Lipinski definition) is 2. The molecule has 0 spiro atoms. The number of likely N-dealkylation sites (tertiary alicyclic amines) is 1. The topological polar surface area (TPSA) is 12.5 Å². The second-order valence-corrected chi connectivity index (χ2v) is 4.43. The van der Waals surface area contributed by atoms with Crippen LogP contribution < -0.4 is 0 Å². The molecule has 0 bridgehead atoms. The predicted molar refractivity (Wildman–Crippen MR) is 60.6 cm³/mol. The predicted octanol–water partition coefficient (Wildman–Crippen LogP) is 2.68. The summed E-state index contributed by atoms with van der Waals surface area (Å²) in [6, 6.07) is 0. The summed E-state index contributed by atoms with van der Waals surface area (Å²) < 4.78 is 5.85. The molecule has 1 aliphatic heterocycles. The fourth-order valence-corrected chi connectivity index (χ4v) is 1.93. The normalized spacial score (nSPS) is 20.1. The van der Waals surface area contributed by atoms with E-state index in [1.165, 1.54) is 51.6 Å². The summed E-state index contributed by atoms with van der Waals surface area (Å²) >= 11 is 0. The molecule has 0 aromatic carbocycles. The Morgan fingerprint density at radius 2 is 1.86 bits per heavy atom. The SMILES string of the molecule is CCCCCCOC1CCN(C)CC1. The Bertz CT molecular complexity index is 130. The average molecular weight is 199 g/mol. The van der Waals surface area contributed by atoms with Gasteiger partial charge in [0.2, 0.25) is 0 Å². The molecule has 1 rings (SSSR count). The molecule has 14 heavy (non-hydrogen) atoms. The van der Waals surface area contributed by atoms with Crippen molar-refractivity contribution in [1.82, 2.24) is 4.90 Å². The van der Waals surface area contributed by atoms with Crippen molar-refractivity contribution < 1.29 is 4.74 Å². The van der Waals surface area contributed by atoms with Crippen molar-refractivity contribution >= 4 is 0 Å². The van der Waals surface area contributed by atoms with Crippen molar-refractivity contribution in [2.75, 3.05) is 26.7 Å². The first-order valence-corrected chi connectivity index (χ1v) is 6.13. The molecule has 84 valence electrons. The van der Waals surface area contributed by atoms with E-state index in [-0.39, 0.29) is 0 Å². The van der Waals surface area contributed by atoms with Gasteiger partial charge >= 0.3 is 0 Å². The Balaban J connectivity index is 1.91. The number of rotatable bonds is 6. The van der Waals surface area contributed by atoms with Crippen LogP contribution in [-0.4, -0.2) is 37.7 Å². The van der Waals surface area contributed by atoms with E-state index >= 15 is 0 Å². The zero-order chi connectivity index (χ0) is 10.2. The van der Waals surface area contributed by atoms with Crippen molar-refractivity contribution in [3.8, 4) is 0 Å². The van der Waals surface area contributed by atoms with Gasteiger partial charge in [-0.3, -0.25) is 0 Å². The molecule has 0 N–H and O–H groups in total. The molecule has 1 fully saturated rings. The lowest BCUT2D eigenvalue weighted by Crippen LogP contribution is -2.34. The lowest BCUT2D eigenvalue weighted by molar-refractivity contribution is 0.0108. The van der Waals surface area contributed by atoms with Crippen LogP contribution in [0.2, 0.25) is 0 Å². The van der Waals surface area contributed by atoms with E-state index in [9.17, 15) is 0 Å². The molecule has 0 saturated carbocycles. The Morgan fingerprint density at radius 1 is 1.14 bits per heavy atom. The van der Waals surface area contributed by atoms with Gasteiger partial charge in [0.05, 0.1) is 6.10 Å². The highest BCUT2D eigenvalue weighted by Gasteiger charge is 2.16. The molecule has 1 heterocycles. The smallest absolute Gasteiger partial charge is 0.0599 e. The highest BCUT2D eigenvalue weighted by atomic mass is 16.5. The maximum Gasteiger partial charge on any atom is 0.0599 e. The summed E-state index contributed by atoms with van der Waals surface area (Å²) in [4.78, 5) is 2.39. The molecule has 1 saturated heterocycles. The first-order chi connectivity index (χ1) is 6.83. The summed E-state index contributed by atoms with van der Waals surface area (Å²) in [6.45, 7) is 5.64. The summed E-state index contributed by atoms with van der Waals surface area (Å²) in [5, 5.41) is 0. The second kappa shape index (κ2) is 7.24. The molecule has 0 radical (unpaired) electrons. The van der Waals surface area contributed by atoms with E-state index in [1.807, 2.05) is 0 Å². The minimum absolute atomic E-state index is 0.549. The van der Waals surface area contributed by atoms with Gasteiger partial charge < -0.3 is 9.64 Å². The molecule has 0 amide bonds. The third-order valence-corrected chi connectivity index (χ3v) is 3.02. The molecular formula is C12H25NO. The van der Waals surface area contributed by atoms with Crippen molar-refractivity contribution in [3.05, 3.63) is 0 Å². The third kappa shape index (κ3) is 4.97. The standard InChI is InChI=1S/C12H25NO/c1-3-4-5-6-11-14-12-7-9-13(2)10-8-12/h12H,3-11H2,1-2H3. The molecule has 2 heteroatoms. The quantitative estimate of drug-likeness (QED) is 0.610. The van der Waals surface area contributed by atoms with E-state index in [0.29, 0.717) is 6.10 Å².